The van der Waals surface area contributed by atoms with Crippen LogP contribution in [-0.4, -0.2) is 30.2 Å². The molecule has 0 spiro atoms. The fourth-order valence-electron chi connectivity index (χ4n) is 2.57. The summed E-state index contributed by atoms with van der Waals surface area (Å²) in [7, 11) is 0. The third-order valence-corrected chi connectivity index (χ3v) is 3.69. The van der Waals surface area contributed by atoms with E-state index in [0.717, 1.165) is 5.56 Å². The summed E-state index contributed by atoms with van der Waals surface area (Å²) in [5.74, 6) is -0.731. The Morgan fingerprint density at radius 3 is 2.37 bits per heavy atom. The van der Waals surface area contributed by atoms with Crippen LogP contribution >= 0.6 is 0 Å². The number of carbonyl (C=O) groups excluding carboxylic acids is 2. The second-order valence-corrected chi connectivity index (χ2v) is 7.22. The molecular weight excluding hydrogens is 342 g/mol. The Bertz CT molecular complexity index is 765. The summed E-state index contributed by atoms with van der Waals surface area (Å²) in [5, 5.41) is 3.20. The van der Waals surface area contributed by atoms with E-state index in [0.29, 0.717) is 24.3 Å². The Morgan fingerprint density at radius 1 is 1.04 bits per heavy atom. The molecule has 1 N–H and O–H groups in total. The quantitative estimate of drug-likeness (QED) is 0.740. The fourth-order valence-corrected chi connectivity index (χ4v) is 2.57. The molecule has 2 rings (SSSR count). The van der Waals surface area contributed by atoms with E-state index in [1.54, 1.807) is 25.1 Å². The highest BCUT2D eigenvalue weighted by molar-refractivity contribution is 5.90. The zero-order chi connectivity index (χ0) is 19.9. The van der Waals surface area contributed by atoms with Crippen molar-refractivity contribution in [3.05, 3.63) is 65.7 Å². The minimum atomic E-state index is -0.583. The molecule has 0 radical (unpaired) electrons. The summed E-state index contributed by atoms with van der Waals surface area (Å²) < 4.78 is 10.6. The first kappa shape index (κ1) is 20.5. The minimum Gasteiger partial charge on any atom is -0.462 e. The number of hydrogen-bond acceptors (Lipinski definition) is 5. The maximum Gasteiger partial charge on any atom is 0.338 e. The molecule has 0 aliphatic heterocycles. The van der Waals surface area contributed by atoms with Crippen LogP contribution in [0.5, 0.6) is 0 Å². The van der Waals surface area contributed by atoms with Gasteiger partial charge in [-0.3, -0.25) is 0 Å². The maximum absolute atomic E-state index is 12.7. The molecule has 5 nitrogen and oxygen atoms in total. The van der Waals surface area contributed by atoms with E-state index in [2.05, 4.69) is 5.32 Å². The molecule has 2 aromatic carbocycles. The van der Waals surface area contributed by atoms with Gasteiger partial charge in [-0.05, 0) is 51.5 Å². The molecule has 0 bridgehead atoms. The van der Waals surface area contributed by atoms with E-state index in [-0.39, 0.29) is 5.97 Å². The van der Waals surface area contributed by atoms with Crippen molar-refractivity contribution in [2.75, 3.05) is 11.9 Å². The number of carbonyl (C=O) groups is 2. The first-order valence-electron chi connectivity index (χ1n) is 9.09. The average molecular weight is 369 g/mol. The van der Waals surface area contributed by atoms with Crippen molar-refractivity contribution in [1.82, 2.24) is 0 Å². The number of anilines is 1. The molecule has 0 aliphatic carbocycles. The number of rotatable bonds is 7. The van der Waals surface area contributed by atoms with Gasteiger partial charge in [0.05, 0.1) is 12.2 Å². The Hall–Kier alpha value is -2.82. The van der Waals surface area contributed by atoms with Crippen LogP contribution in [0.25, 0.3) is 0 Å². The van der Waals surface area contributed by atoms with Crippen LogP contribution in [0.4, 0.5) is 5.69 Å². The predicted molar refractivity (Wildman–Crippen MR) is 106 cm³/mol. The molecule has 0 aliphatic rings. The molecule has 0 unspecified atom stereocenters. The van der Waals surface area contributed by atoms with Gasteiger partial charge in [0, 0.05) is 12.1 Å². The molecule has 27 heavy (non-hydrogen) atoms. The monoisotopic (exact) mass is 369 g/mol. The molecule has 5 heteroatoms. The second kappa shape index (κ2) is 9.21. The van der Waals surface area contributed by atoms with E-state index in [9.17, 15) is 9.59 Å². The number of nitrogens with one attached hydrogen (secondary N) is 1. The summed E-state index contributed by atoms with van der Waals surface area (Å²) >= 11 is 0. The van der Waals surface area contributed by atoms with Gasteiger partial charge >= 0.3 is 11.9 Å². The topological polar surface area (TPSA) is 64.6 Å². The Balaban J connectivity index is 2.21. The van der Waals surface area contributed by atoms with Gasteiger partial charge in [-0.1, -0.05) is 36.4 Å². The van der Waals surface area contributed by atoms with E-state index in [1.165, 1.54) is 0 Å². The van der Waals surface area contributed by atoms with Crippen molar-refractivity contribution >= 4 is 17.6 Å². The number of esters is 2. The molecule has 2 aromatic rings. The van der Waals surface area contributed by atoms with E-state index in [1.807, 2.05) is 57.2 Å². The van der Waals surface area contributed by atoms with E-state index < -0.39 is 17.6 Å². The molecule has 0 saturated carbocycles. The first-order chi connectivity index (χ1) is 12.8. The van der Waals surface area contributed by atoms with Gasteiger partial charge in [-0.25, -0.2) is 9.59 Å². The van der Waals surface area contributed by atoms with Gasteiger partial charge in [0.2, 0.25) is 0 Å². The highest BCUT2D eigenvalue weighted by Crippen LogP contribution is 2.18. The summed E-state index contributed by atoms with van der Waals surface area (Å²) in [4.78, 5) is 24.7. The lowest BCUT2D eigenvalue weighted by atomic mass is 10.0. The highest BCUT2D eigenvalue weighted by Gasteiger charge is 2.25. The molecule has 1 atom stereocenters. The lowest BCUT2D eigenvalue weighted by molar-refractivity contribution is -0.155. The molecule has 0 heterocycles. The molecular formula is C22H27NO4. The lowest BCUT2D eigenvalue weighted by Gasteiger charge is -2.25. The molecule has 144 valence electrons. The number of benzene rings is 2. The Morgan fingerprint density at radius 2 is 1.74 bits per heavy atom. The van der Waals surface area contributed by atoms with Gasteiger partial charge in [-0.2, -0.15) is 0 Å². The van der Waals surface area contributed by atoms with Gasteiger partial charge in [-0.15, -0.1) is 0 Å². The highest BCUT2D eigenvalue weighted by atomic mass is 16.6. The predicted octanol–water partition coefficient (Wildman–Crippen LogP) is 4.23. The molecule has 0 aromatic heterocycles. The summed E-state index contributed by atoms with van der Waals surface area (Å²) in [6, 6.07) is 16.1. The van der Waals surface area contributed by atoms with Crippen LogP contribution in [-0.2, 0) is 20.7 Å². The number of ether oxygens (including phenoxy) is 2. The third-order valence-electron chi connectivity index (χ3n) is 3.69. The Kier molecular flexibility index (Phi) is 6.99. The van der Waals surface area contributed by atoms with Crippen LogP contribution in [0, 0.1) is 0 Å². The third kappa shape index (κ3) is 6.77. The Labute approximate surface area is 160 Å². The zero-order valence-electron chi connectivity index (χ0n) is 16.3. The van der Waals surface area contributed by atoms with Gasteiger partial charge in [0.25, 0.3) is 0 Å². The van der Waals surface area contributed by atoms with Crippen molar-refractivity contribution in [1.29, 1.82) is 0 Å². The van der Waals surface area contributed by atoms with Crippen LogP contribution < -0.4 is 5.32 Å². The fraction of sp³-hybridized carbons (Fsp3) is 0.364. The lowest BCUT2D eigenvalue weighted by Crippen LogP contribution is -2.38. The summed E-state index contributed by atoms with van der Waals surface area (Å²) in [6.45, 7) is 7.59. The van der Waals surface area contributed by atoms with Crippen LogP contribution in [0.1, 0.15) is 43.6 Å². The van der Waals surface area contributed by atoms with Crippen LogP contribution in [0.15, 0.2) is 54.6 Å². The first-order valence-corrected chi connectivity index (χ1v) is 9.09. The van der Waals surface area contributed by atoms with Crippen molar-refractivity contribution in [2.24, 2.45) is 0 Å². The van der Waals surface area contributed by atoms with Crippen molar-refractivity contribution < 1.29 is 19.1 Å². The van der Waals surface area contributed by atoms with Crippen molar-refractivity contribution in [3.63, 3.8) is 0 Å². The van der Waals surface area contributed by atoms with Gasteiger partial charge in [0.15, 0.2) is 0 Å². The summed E-state index contributed by atoms with van der Waals surface area (Å²) in [5.41, 5.74) is 1.53. The average Bonchev–Trinajstić information content (AvgIpc) is 2.61. The van der Waals surface area contributed by atoms with E-state index >= 15 is 0 Å². The largest absolute Gasteiger partial charge is 0.462 e. The zero-order valence-corrected chi connectivity index (χ0v) is 16.3. The molecule has 0 saturated heterocycles. The minimum absolute atomic E-state index is 0.311. The molecule has 0 amide bonds. The van der Waals surface area contributed by atoms with Gasteiger partial charge < -0.3 is 14.8 Å². The van der Waals surface area contributed by atoms with Crippen LogP contribution in [0.3, 0.4) is 0 Å². The van der Waals surface area contributed by atoms with Gasteiger partial charge in [0.1, 0.15) is 11.6 Å². The standard InChI is InChI=1S/C22H27NO4/c1-5-26-20(24)17-12-9-13-18(15-17)23-19(21(25)27-22(2,3)4)14-16-10-7-6-8-11-16/h6-13,15,19,23H,5,14H2,1-4H3/t19-/m0/s1. The SMILES string of the molecule is CCOC(=O)c1cccc(N[C@@H](Cc2ccccc2)C(=O)OC(C)(C)C)c1. The smallest absolute Gasteiger partial charge is 0.338 e. The number of hydrogen-bond donors (Lipinski definition) is 1. The summed E-state index contributed by atoms with van der Waals surface area (Å²) in [6.07, 6.45) is 0.472. The molecule has 0 fully saturated rings. The van der Waals surface area contributed by atoms with Crippen molar-refractivity contribution in [2.45, 2.75) is 45.8 Å². The second-order valence-electron chi connectivity index (χ2n) is 7.22. The maximum atomic E-state index is 12.7. The normalized spacial score (nSPS) is 12.1. The van der Waals surface area contributed by atoms with E-state index in [4.69, 9.17) is 9.47 Å². The van der Waals surface area contributed by atoms with Crippen molar-refractivity contribution in [3.8, 4) is 0 Å². The van der Waals surface area contributed by atoms with Crippen LogP contribution in [0.2, 0.25) is 0 Å².